The van der Waals surface area contributed by atoms with E-state index in [1.807, 2.05) is 10.5 Å². The van der Waals surface area contributed by atoms with Crippen LogP contribution in [0.2, 0.25) is 0 Å². The smallest absolute Gasteiger partial charge is 0.160 e. The number of thiophene rings is 1. The summed E-state index contributed by atoms with van der Waals surface area (Å²) in [5.41, 5.74) is 1.43. The molecule has 0 aliphatic heterocycles. The van der Waals surface area contributed by atoms with E-state index in [1.165, 1.54) is 4.88 Å². The van der Waals surface area contributed by atoms with Gasteiger partial charge in [-0.05, 0) is 36.4 Å². The molecular weight excluding hydrogens is 256 g/mol. The lowest BCUT2D eigenvalue weighted by atomic mass is 10.2. The molecule has 0 atom stereocenters. The number of hydrogen-bond acceptors (Lipinski definition) is 4. The van der Waals surface area contributed by atoms with Gasteiger partial charge < -0.3 is 0 Å². The quantitative estimate of drug-likeness (QED) is 0.731. The van der Waals surface area contributed by atoms with Crippen molar-refractivity contribution in [3.8, 4) is 6.07 Å². The minimum absolute atomic E-state index is 0.631. The van der Waals surface area contributed by atoms with Crippen molar-refractivity contribution >= 4 is 17.0 Å². The molecule has 0 fully saturated rings. The number of fused-ring (bicyclic) bond motifs is 1. The summed E-state index contributed by atoms with van der Waals surface area (Å²) < 4.78 is 1.91. The number of nitrogens with zero attached hydrogens (tertiary/aromatic N) is 4. The fourth-order valence-corrected chi connectivity index (χ4v) is 2.80. The molecule has 3 aromatic rings. The van der Waals surface area contributed by atoms with Crippen LogP contribution in [0.4, 0.5) is 0 Å². The first-order valence-corrected chi connectivity index (χ1v) is 7.01. The molecule has 0 N–H and O–H groups in total. The van der Waals surface area contributed by atoms with Gasteiger partial charge in [-0.1, -0.05) is 6.07 Å². The van der Waals surface area contributed by atoms with E-state index < -0.39 is 0 Å². The number of nitriles is 1. The van der Waals surface area contributed by atoms with Crippen molar-refractivity contribution in [1.29, 1.82) is 5.26 Å². The van der Waals surface area contributed by atoms with Crippen molar-refractivity contribution in [2.45, 2.75) is 19.3 Å². The Morgan fingerprint density at radius 3 is 2.95 bits per heavy atom. The predicted molar refractivity (Wildman–Crippen MR) is 74.0 cm³/mol. The van der Waals surface area contributed by atoms with Gasteiger partial charge in [0.2, 0.25) is 0 Å². The largest absolute Gasteiger partial charge is 0.285 e. The van der Waals surface area contributed by atoms with E-state index in [4.69, 9.17) is 5.26 Å². The van der Waals surface area contributed by atoms with E-state index in [2.05, 4.69) is 33.8 Å². The Morgan fingerprint density at radius 2 is 2.16 bits per heavy atom. The Bertz CT molecular complexity index is 722. The van der Waals surface area contributed by atoms with Crippen molar-refractivity contribution in [2.75, 3.05) is 0 Å². The van der Waals surface area contributed by atoms with E-state index in [0.29, 0.717) is 5.56 Å². The lowest BCUT2D eigenvalue weighted by Crippen LogP contribution is -1.96. The lowest BCUT2D eigenvalue weighted by molar-refractivity contribution is 0.766. The first-order valence-electron chi connectivity index (χ1n) is 6.13. The molecule has 0 saturated carbocycles. The summed E-state index contributed by atoms with van der Waals surface area (Å²) in [6, 6.07) is 9.96. The van der Waals surface area contributed by atoms with Crippen molar-refractivity contribution in [3.63, 3.8) is 0 Å². The van der Waals surface area contributed by atoms with Crippen LogP contribution in [0.3, 0.4) is 0 Å². The number of pyridine rings is 1. The SMILES string of the molecule is N#Cc1ccc2nnc(CCCc3cccs3)n2c1. The van der Waals surface area contributed by atoms with Gasteiger partial charge in [-0.2, -0.15) is 5.26 Å². The van der Waals surface area contributed by atoms with Gasteiger partial charge in [-0.3, -0.25) is 4.40 Å². The van der Waals surface area contributed by atoms with Gasteiger partial charge in [-0.25, -0.2) is 0 Å². The zero-order chi connectivity index (χ0) is 13.1. The van der Waals surface area contributed by atoms with E-state index in [9.17, 15) is 0 Å². The highest BCUT2D eigenvalue weighted by Gasteiger charge is 2.06. The average Bonchev–Trinajstić information content (AvgIpc) is 3.08. The molecule has 0 saturated heterocycles. The van der Waals surface area contributed by atoms with E-state index >= 15 is 0 Å². The Balaban J connectivity index is 1.75. The molecular formula is C14H12N4S. The minimum Gasteiger partial charge on any atom is -0.285 e. The zero-order valence-corrected chi connectivity index (χ0v) is 11.1. The maximum atomic E-state index is 8.92. The Hall–Kier alpha value is -2.19. The van der Waals surface area contributed by atoms with Gasteiger partial charge in [0.15, 0.2) is 5.65 Å². The maximum Gasteiger partial charge on any atom is 0.160 e. The highest BCUT2D eigenvalue weighted by Crippen LogP contribution is 2.13. The highest BCUT2D eigenvalue weighted by molar-refractivity contribution is 7.09. The first-order chi connectivity index (χ1) is 9.36. The number of aryl methyl sites for hydroxylation is 2. The molecule has 3 aromatic heterocycles. The average molecular weight is 268 g/mol. The summed E-state index contributed by atoms with van der Waals surface area (Å²) >= 11 is 1.78. The summed E-state index contributed by atoms with van der Waals surface area (Å²) in [7, 11) is 0. The number of rotatable bonds is 4. The van der Waals surface area contributed by atoms with Crippen LogP contribution >= 0.6 is 11.3 Å². The molecule has 94 valence electrons. The van der Waals surface area contributed by atoms with Crippen LogP contribution < -0.4 is 0 Å². The van der Waals surface area contributed by atoms with Gasteiger partial charge in [0.25, 0.3) is 0 Å². The van der Waals surface area contributed by atoms with E-state index in [1.54, 1.807) is 23.6 Å². The molecule has 19 heavy (non-hydrogen) atoms. The van der Waals surface area contributed by atoms with Crippen molar-refractivity contribution in [3.05, 3.63) is 52.1 Å². The molecule has 0 aliphatic carbocycles. The fourth-order valence-electron chi connectivity index (χ4n) is 2.05. The standard InChI is InChI=1S/C14H12N4S/c15-9-11-6-7-14-17-16-13(18(14)10-11)5-1-3-12-4-2-8-19-12/h2,4,6-8,10H,1,3,5H2. The fraction of sp³-hybridized carbons (Fsp3) is 0.214. The highest BCUT2D eigenvalue weighted by atomic mass is 32.1. The predicted octanol–water partition coefficient (Wildman–Crippen LogP) is 2.84. The van der Waals surface area contributed by atoms with Gasteiger partial charge in [0.05, 0.1) is 5.56 Å². The molecule has 0 aromatic carbocycles. The molecule has 0 radical (unpaired) electrons. The maximum absolute atomic E-state index is 8.92. The normalized spacial score (nSPS) is 10.7. The Kier molecular flexibility index (Phi) is 3.25. The number of aromatic nitrogens is 3. The van der Waals surface area contributed by atoms with Crippen LogP contribution in [0.25, 0.3) is 5.65 Å². The molecule has 0 bridgehead atoms. The molecule has 3 rings (SSSR count). The summed E-state index contributed by atoms with van der Waals surface area (Å²) in [6.07, 6.45) is 4.77. The summed E-state index contributed by atoms with van der Waals surface area (Å²) in [5.74, 6) is 0.920. The van der Waals surface area contributed by atoms with Gasteiger partial charge in [0, 0.05) is 17.5 Å². The third-order valence-electron chi connectivity index (χ3n) is 3.01. The number of hydrogen-bond donors (Lipinski definition) is 0. The second-order valence-electron chi connectivity index (χ2n) is 4.31. The summed E-state index contributed by atoms with van der Waals surface area (Å²) in [5, 5.41) is 19.3. The second kappa shape index (κ2) is 5.21. The summed E-state index contributed by atoms with van der Waals surface area (Å²) in [4.78, 5) is 1.39. The topological polar surface area (TPSA) is 54.0 Å². The molecule has 0 aliphatic rings. The van der Waals surface area contributed by atoms with Crippen LogP contribution in [0.15, 0.2) is 35.8 Å². The Morgan fingerprint density at radius 1 is 1.21 bits per heavy atom. The monoisotopic (exact) mass is 268 g/mol. The van der Waals surface area contributed by atoms with E-state index in [-0.39, 0.29) is 0 Å². The minimum atomic E-state index is 0.631. The third kappa shape index (κ3) is 2.49. The van der Waals surface area contributed by atoms with Crippen LogP contribution in [0.1, 0.15) is 22.7 Å². The van der Waals surface area contributed by atoms with Crippen LogP contribution in [-0.2, 0) is 12.8 Å². The molecule has 0 amide bonds. The van der Waals surface area contributed by atoms with E-state index in [0.717, 1.165) is 30.7 Å². The van der Waals surface area contributed by atoms with Gasteiger partial charge in [0.1, 0.15) is 11.9 Å². The van der Waals surface area contributed by atoms with Crippen LogP contribution in [0, 0.1) is 11.3 Å². The molecule has 0 spiro atoms. The zero-order valence-electron chi connectivity index (χ0n) is 10.3. The van der Waals surface area contributed by atoms with Gasteiger partial charge in [-0.15, -0.1) is 21.5 Å². The Labute approximate surface area is 115 Å². The van der Waals surface area contributed by atoms with Crippen molar-refractivity contribution < 1.29 is 0 Å². The molecule has 4 nitrogen and oxygen atoms in total. The van der Waals surface area contributed by atoms with Crippen LogP contribution in [0.5, 0.6) is 0 Å². The molecule has 0 unspecified atom stereocenters. The molecule has 5 heteroatoms. The summed E-state index contributed by atoms with van der Waals surface area (Å²) in [6.45, 7) is 0. The van der Waals surface area contributed by atoms with Crippen molar-refractivity contribution in [2.24, 2.45) is 0 Å². The lowest BCUT2D eigenvalue weighted by Gasteiger charge is -2.00. The first kappa shape index (κ1) is 11.9. The van der Waals surface area contributed by atoms with Crippen LogP contribution in [-0.4, -0.2) is 14.6 Å². The third-order valence-corrected chi connectivity index (χ3v) is 3.94. The molecule has 3 heterocycles. The second-order valence-corrected chi connectivity index (χ2v) is 5.34. The van der Waals surface area contributed by atoms with Crippen molar-refractivity contribution in [1.82, 2.24) is 14.6 Å². The van der Waals surface area contributed by atoms with Gasteiger partial charge >= 0.3 is 0 Å².